The van der Waals surface area contributed by atoms with Crippen molar-refractivity contribution < 1.29 is 18.7 Å². The summed E-state index contributed by atoms with van der Waals surface area (Å²) < 4.78 is 19.4. The van der Waals surface area contributed by atoms with Crippen molar-refractivity contribution in [3.05, 3.63) is 30.1 Å². The summed E-state index contributed by atoms with van der Waals surface area (Å²) in [6.45, 7) is 8.96. The van der Waals surface area contributed by atoms with Crippen molar-refractivity contribution in [3.8, 4) is 0 Å². The smallest absolute Gasteiger partial charge is 0.317 e. The van der Waals surface area contributed by atoms with Crippen molar-refractivity contribution in [1.82, 2.24) is 15.1 Å². The third kappa shape index (κ3) is 5.96. The maximum Gasteiger partial charge on any atom is 0.317 e. The first-order chi connectivity index (χ1) is 15.8. The fraction of sp³-hybridized carbons (Fsp3) is 0.680. The van der Waals surface area contributed by atoms with E-state index in [0.717, 1.165) is 44.5 Å². The average molecular weight is 461 g/mol. The van der Waals surface area contributed by atoms with Crippen molar-refractivity contribution in [3.63, 3.8) is 0 Å². The molecule has 0 saturated carbocycles. The van der Waals surface area contributed by atoms with Gasteiger partial charge in [0.1, 0.15) is 5.82 Å². The van der Waals surface area contributed by atoms with E-state index < -0.39 is 0 Å². The van der Waals surface area contributed by atoms with Gasteiger partial charge in [-0.25, -0.2) is 9.18 Å². The molecule has 1 aromatic carbocycles. The molecule has 8 heteroatoms. The third-order valence-corrected chi connectivity index (χ3v) is 7.26. The van der Waals surface area contributed by atoms with E-state index in [-0.39, 0.29) is 29.4 Å². The van der Waals surface area contributed by atoms with Crippen LogP contribution in [-0.2, 0) is 9.53 Å². The number of ether oxygens (including phenoxy) is 1. The predicted octanol–water partition coefficient (Wildman–Crippen LogP) is 3.24. The van der Waals surface area contributed by atoms with Crippen LogP contribution in [0, 0.1) is 11.7 Å². The lowest BCUT2D eigenvalue weighted by Crippen LogP contribution is -2.54. The van der Waals surface area contributed by atoms with Crippen LogP contribution in [0.15, 0.2) is 24.3 Å². The van der Waals surface area contributed by atoms with Crippen LogP contribution in [0.25, 0.3) is 0 Å². The summed E-state index contributed by atoms with van der Waals surface area (Å²) in [6, 6.07) is 6.69. The van der Waals surface area contributed by atoms with Crippen LogP contribution >= 0.6 is 0 Å². The van der Waals surface area contributed by atoms with Gasteiger partial charge in [-0.3, -0.25) is 4.79 Å². The van der Waals surface area contributed by atoms with Crippen molar-refractivity contribution in [2.75, 3.05) is 50.8 Å². The quantitative estimate of drug-likeness (QED) is 0.749. The number of halogens is 1. The highest BCUT2D eigenvalue weighted by atomic mass is 19.1. The summed E-state index contributed by atoms with van der Waals surface area (Å²) >= 11 is 0. The highest BCUT2D eigenvalue weighted by Gasteiger charge is 2.42. The molecule has 0 bridgehead atoms. The highest BCUT2D eigenvalue weighted by molar-refractivity contribution is 5.77. The first kappa shape index (κ1) is 23.8. The monoisotopic (exact) mass is 460 g/mol. The summed E-state index contributed by atoms with van der Waals surface area (Å²) in [5.41, 5.74) is 0.808. The second-order valence-corrected chi connectivity index (χ2v) is 10.0. The third-order valence-electron chi connectivity index (χ3n) is 7.26. The zero-order valence-electron chi connectivity index (χ0n) is 19.9. The number of likely N-dealkylation sites (tertiary alicyclic amines) is 1. The van der Waals surface area contributed by atoms with E-state index in [4.69, 9.17) is 4.74 Å². The number of nitrogens with zero attached hydrogens (tertiary/aromatic N) is 3. The molecule has 1 atom stereocenters. The Balaban J connectivity index is 1.24. The number of hydrogen-bond donors (Lipinski definition) is 1. The van der Waals surface area contributed by atoms with Crippen molar-refractivity contribution >= 4 is 17.6 Å². The molecule has 1 spiro atoms. The van der Waals surface area contributed by atoms with Crippen molar-refractivity contribution in [1.29, 1.82) is 0 Å². The molecule has 4 rings (SSSR count). The number of rotatable bonds is 4. The number of urea groups is 1. The Morgan fingerprint density at radius 1 is 1.06 bits per heavy atom. The molecule has 3 amide bonds. The van der Waals surface area contributed by atoms with Gasteiger partial charge in [0, 0.05) is 64.0 Å². The number of carbonyl (C=O) groups excluding carboxylic acids is 2. The topological polar surface area (TPSA) is 65.1 Å². The van der Waals surface area contributed by atoms with Crippen LogP contribution in [0.2, 0.25) is 0 Å². The molecule has 0 aliphatic carbocycles. The van der Waals surface area contributed by atoms with Gasteiger partial charge in [-0.2, -0.15) is 0 Å². The van der Waals surface area contributed by atoms with Crippen LogP contribution in [0.5, 0.6) is 0 Å². The van der Waals surface area contributed by atoms with Crippen LogP contribution in [0.3, 0.4) is 0 Å². The summed E-state index contributed by atoms with van der Waals surface area (Å²) in [4.78, 5) is 31.4. The van der Waals surface area contributed by atoms with Crippen LogP contribution in [-0.4, -0.2) is 79.3 Å². The van der Waals surface area contributed by atoms with Gasteiger partial charge in [0.25, 0.3) is 0 Å². The molecular formula is C25H37FN4O3. The zero-order chi connectivity index (χ0) is 23.4. The Hall–Kier alpha value is -2.35. The van der Waals surface area contributed by atoms with Gasteiger partial charge >= 0.3 is 6.03 Å². The van der Waals surface area contributed by atoms with E-state index in [2.05, 4.69) is 10.2 Å². The average Bonchev–Trinajstić information content (AvgIpc) is 2.80. The molecular weight excluding hydrogens is 423 g/mol. The molecule has 3 aliphatic heterocycles. The highest BCUT2D eigenvalue weighted by Crippen LogP contribution is 2.39. The SMILES string of the molecule is CC(C)NC(=O)N1CCC2(CC1)CC(CC(=O)N1CCN(c3ccc(F)cc3)CC1)CCO2. The minimum absolute atomic E-state index is 0.00201. The fourth-order valence-electron chi connectivity index (χ4n) is 5.35. The molecule has 33 heavy (non-hydrogen) atoms. The maximum atomic E-state index is 13.2. The van der Waals surface area contributed by atoms with Gasteiger partial charge in [0.05, 0.1) is 5.60 Å². The van der Waals surface area contributed by atoms with E-state index in [0.29, 0.717) is 45.1 Å². The molecule has 3 aliphatic rings. The van der Waals surface area contributed by atoms with E-state index >= 15 is 0 Å². The number of piperazine rings is 1. The lowest BCUT2D eigenvalue weighted by Gasteiger charge is -2.46. The Kier molecular flexibility index (Phi) is 7.41. The van der Waals surface area contributed by atoms with Gasteiger partial charge in [-0.05, 0) is 69.7 Å². The molecule has 1 aromatic rings. The molecule has 0 radical (unpaired) electrons. The van der Waals surface area contributed by atoms with Crippen molar-refractivity contribution in [2.24, 2.45) is 5.92 Å². The number of amides is 3. The fourth-order valence-corrected chi connectivity index (χ4v) is 5.35. The number of hydrogen-bond acceptors (Lipinski definition) is 4. The Labute approximate surface area is 196 Å². The molecule has 3 saturated heterocycles. The van der Waals surface area contributed by atoms with Crippen LogP contribution < -0.4 is 10.2 Å². The van der Waals surface area contributed by atoms with Gasteiger partial charge in [0.15, 0.2) is 0 Å². The number of carbonyl (C=O) groups is 2. The van der Waals surface area contributed by atoms with E-state index in [1.807, 2.05) is 23.6 Å². The molecule has 3 heterocycles. The number of anilines is 1. The Bertz CT molecular complexity index is 815. The second-order valence-electron chi connectivity index (χ2n) is 10.0. The van der Waals surface area contributed by atoms with E-state index in [9.17, 15) is 14.0 Å². The zero-order valence-corrected chi connectivity index (χ0v) is 19.9. The standard InChI is InChI=1S/C25H37FN4O3/c1-19(2)27-24(32)30-10-8-25(9-11-30)18-20(7-16-33-25)17-23(31)29-14-12-28(13-15-29)22-5-3-21(26)4-6-22/h3-6,19-20H,7-18H2,1-2H3,(H,27,32). The summed E-state index contributed by atoms with van der Waals surface area (Å²) in [5, 5.41) is 2.97. The van der Waals surface area contributed by atoms with Crippen LogP contribution in [0.4, 0.5) is 14.9 Å². The molecule has 3 fully saturated rings. The molecule has 1 unspecified atom stereocenters. The Morgan fingerprint density at radius 3 is 2.36 bits per heavy atom. The normalized spacial score (nSPS) is 23.2. The number of nitrogens with one attached hydrogen (secondary N) is 1. The first-order valence-electron chi connectivity index (χ1n) is 12.3. The summed E-state index contributed by atoms with van der Waals surface area (Å²) in [6.07, 6.45) is 4.05. The number of benzene rings is 1. The van der Waals surface area contributed by atoms with Gasteiger partial charge in [-0.1, -0.05) is 0 Å². The Morgan fingerprint density at radius 2 is 1.73 bits per heavy atom. The predicted molar refractivity (Wildman–Crippen MR) is 126 cm³/mol. The first-order valence-corrected chi connectivity index (χ1v) is 12.3. The maximum absolute atomic E-state index is 13.2. The van der Waals surface area contributed by atoms with Gasteiger partial charge in [-0.15, -0.1) is 0 Å². The summed E-state index contributed by atoms with van der Waals surface area (Å²) in [5.74, 6) is 0.327. The molecule has 0 aromatic heterocycles. The van der Waals surface area contributed by atoms with Gasteiger partial charge in [0.2, 0.25) is 5.91 Å². The minimum Gasteiger partial charge on any atom is -0.375 e. The summed E-state index contributed by atoms with van der Waals surface area (Å²) in [7, 11) is 0. The minimum atomic E-state index is -0.230. The molecule has 7 nitrogen and oxygen atoms in total. The number of piperidine rings is 1. The molecule has 1 N–H and O–H groups in total. The van der Waals surface area contributed by atoms with Gasteiger partial charge < -0.3 is 24.8 Å². The largest absolute Gasteiger partial charge is 0.375 e. The molecule has 182 valence electrons. The lowest BCUT2D eigenvalue weighted by molar-refractivity contribution is -0.140. The second kappa shape index (κ2) is 10.3. The van der Waals surface area contributed by atoms with Crippen LogP contribution in [0.1, 0.15) is 46.0 Å². The van der Waals surface area contributed by atoms with E-state index in [1.165, 1.54) is 12.1 Å². The van der Waals surface area contributed by atoms with Crippen molar-refractivity contribution in [2.45, 2.75) is 57.6 Å². The van der Waals surface area contributed by atoms with E-state index in [1.54, 1.807) is 12.1 Å². The lowest BCUT2D eigenvalue weighted by atomic mass is 9.78.